The summed E-state index contributed by atoms with van der Waals surface area (Å²) in [6, 6.07) is 3.50. The van der Waals surface area contributed by atoms with Crippen molar-refractivity contribution in [3.8, 4) is 11.5 Å². The van der Waals surface area contributed by atoms with Gasteiger partial charge in [0.15, 0.2) is 11.5 Å². The van der Waals surface area contributed by atoms with Gasteiger partial charge in [-0.25, -0.2) is 4.98 Å². The molecule has 140 valence electrons. The first-order valence-corrected chi connectivity index (χ1v) is 9.22. The molecule has 0 saturated heterocycles. The Kier molecular flexibility index (Phi) is 7.68. The van der Waals surface area contributed by atoms with Gasteiger partial charge in [0.25, 0.3) is 0 Å². The van der Waals surface area contributed by atoms with Gasteiger partial charge in [-0.2, -0.15) is 5.10 Å². The van der Waals surface area contributed by atoms with E-state index in [0.717, 1.165) is 5.56 Å². The number of nitrogens with one attached hydrogen (secondary N) is 1. The lowest BCUT2D eigenvalue weighted by molar-refractivity contribution is -0.142. The minimum atomic E-state index is -0.302. The van der Waals surface area contributed by atoms with E-state index in [9.17, 15) is 4.79 Å². The van der Waals surface area contributed by atoms with Crippen LogP contribution in [0.4, 0.5) is 5.13 Å². The number of rotatable bonds is 9. The molecule has 1 N–H and O–H groups in total. The number of hydrogen-bond acceptors (Lipinski definition) is 8. The molecule has 7 nitrogen and oxygen atoms in total. The van der Waals surface area contributed by atoms with Gasteiger partial charge < -0.3 is 14.2 Å². The fourth-order valence-electron chi connectivity index (χ4n) is 2.06. The van der Waals surface area contributed by atoms with Gasteiger partial charge in [0.1, 0.15) is 0 Å². The van der Waals surface area contributed by atoms with Crippen LogP contribution in [0.3, 0.4) is 0 Å². The highest BCUT2D eigenvalue weighted by Gasteiger charge is 2.11. The molecule has 0 atom stereocenters. The zero-order valence-corrected chi connectivity index (χ0v) is 16.3. The van der Waals surface area contributed by atoms with E-state index in [0.29, 0.717) is 40.6 Å². The second kappa shape index (κ2) is 9.98. The Morgan fingerprint density at radius 3 is 2.88 bits per heavy atom. The number of nitrogens with zero attached hydrogens (tertiary/aromatic N) is 2. The SMILES string of the molecule is CCOC(=O)Cc1csc(N/N=C\c2cc(Cl)c(OCC)c(OC)c2)n1. The summed E-state index contributed by atoms with van der Waals surface area (Å²) in [6.07, 6.45) is 1.73. The summed E-state index contributed by atoms with van der Waals surface area (Å²) in [4.78, 5) is 15.7. The maximum atomic E-state index is 11.4. The molecule has 0 radical (unpaired) electrons. The van der Waals surface area contributed by atoms with E-state index >= 15 is 0 Å². The van der Waals surface area contributed by atoms with Gasteiger partial charge in [0.2, 0.25) is 5.13 Å². The minimum Gasteiger partial charge on any atom is -0.493 e. The number of hydrazone groups is 1. The Morgan fingerprint density at radius 2 is 2.19 bits per heavy atom. The predicted octanol–water partition coefficient (Wildman–Crippen LogP) is 3.76. The van der Waals surface area contributed by atoms with Crippen molar-refractivity contribution in [1.82, 2.24) is 4.98 Å². The number of aromatic nitrogens is 1. The Bertz CT molecular complexity index is 779. The summed E-state index contributed by atoms with van der Waals surface area (Å²) in [7, 11) is 1.55. The number of methoxy groups -OCH3 is 1. The second-order valence-electron chi connectivity index (χ2n) is 4.96. The lowest BCUT2D eigenvalue weighted by atomic mass is 10.2. The summed E-state index contributed by atoms with van der Waals surface area (Å²) in [5.74, 6) is 0.737. The molecule has 0 amide bonds. The van der Waals surface area contributed by atoms with Crippen molar-refractivity contribution in [3.63, 3.8) is 0 Å². The molecule has 9 heteroatoms. The molecule has 2 aromatic rings. The van der Waals surface area contributed by atoms with Crippen LogP contribution in [0.1, 0.15) is 25.1 Å². The van der Waals surface area contributed by atoms with Crippen LogP contribution < -0.4 is 14.9 Å². The number of esters is 1. The molecular formula is C17H20ClN3O4S. The molecule has 0 aliphatic heterocycles. The van der Waals surface area contributed by atoms with Gasteiger partial charge in [0, 0.05) is 5.38 Å². The first-order chi connectivity index (χ1) is 12.6. The summed E-state index contributed by atoms with van der Waals surface area (Å²) >= 11 is 7.57. The summed E-state index contributed by atoms with van der Waals surface area (Å²) in [5, 5.41) is 6.93. The predicted molar refractivity (Wildman–Crippen MR) is 103 cm³/mol. The maximum absolute atomic E-state index is 11.4. The van der Waals surface area contributed by atoms with Gasteiger partial charge in [0.05, 0.1) is 43.7 Å². The molecule has 0 bridgehead atoms. The second-order valence-corrected chi connectivity index (χ2v) is 6.23. The number of carbonyl (C=O) groups is 1. The van der Waals surface area contributed by atoms with E-state index in [1.54, 1.807) is 37.8 Å². The lowest BCUT2D eigenvalue weighted by Gasteiger charge is -2.11. The molecule has 26 heavy (non-hydrogen) atoms. The summed E-state index contributed by atoms with van der Waals surface area (Å²) in [6.45, 7) is 4.48. The number of anilines is 1. The molecule has 1 aromatic heterocycles. The lowest BCUT2D eigenvalue weighted by Crippen LogP contribution is -2.07. The molecule has 0 saturated carbocycles. The van der Waals surface area contributed by atoms with Crippen molar-refractivity contribution in [1.29, 1.82) is 0 Å². The minimum absolute atomic E-state index is 0.140. The van der Waals surface area contributed by atoms with Gasteiger partial charge >= 0.3 is 5.97 Å². The van der Waals surface area contributed by atoms with E-state index in [2.05, 4.69) is 15.5 Å². The van der Waals surface area contributed by atoms with Gasteiger partial charge in [-0.15, -0.1) is 11.3 Å². The van der Waals surface area contributed by atoms with Crippen LogP contribution >= 0.6 is 22.9 Å². The number of benzene rings is 1. The van der Waals surface area contributed by atoms with E-state index in [1.165, 1.54) is 11.3 Å². The summed E-state index contributed by atoms with van der Waals surface area (Å²) < 4.78 is 15.7. The monoisotopic (exact) mass is 397 g/mol. The molecule has 0 aliphatic carbocycles. The van der Waals surface area contributed by atoms with Gasteiger partial charge in [-0.05, 0) is 31.5 Å². The van der Waals surface area contributed by atoms with E-state index in [1.807, 2.05) is 6.92 Å². The standard InChI is InChI=1S/C17H20ClN3O4S/c1-4-24-15(22)8-12-10-26-17(20-12)21-19-9-11-6-13(18)16(25-5-2)14(7-11)23-3/h6-7,9-10H,4-5,8H2,1-3H3,(H,20,21)/b19-9-. The molecule has 2 rings (SSSR count). The third kappa shape index (κ3) is 5.60. The Labute approximate surface area is 160 Å². The Hall–Kier alpha value is -2.32. The van der Waals surface area contributed by atoms with Crippen LogP contribution in [0, 0.1) is 0 Å². The third-order valence-corrected chi connectivity index (χ3v) is 4.17. The number of thiazole rings is 1. The average Bonchev–Trinajstić information content (AvgIpc) is 3.04. The van der Waals surface area contributed by atoms with Crippen LogP contribution in [0.25, 0.3) is 0 Å². The van der Waals surface area contributed by atoms with E-state index in [4.69, 9.17) is 25.8 Å². The molecule has 0 fully saturated rings. The van der Waals surface area contributed by atoms with Crippen molar-refractivity contribution in [2.45, 2.75) is 20.3 Å². The molecular weight excluding hydrogens is 378 g/mol. The number of hydrogen-bond donors (Lipinski definition) is 1. The maximum Gasteiger partial charge on any atom is 0.311 e. The van der Waals surface area contributed by atoms with Gasteiger partial charge in [-0.3, -0.25) is 10.2 Å². The highest BCUT2D eigenvalue weighted by Crippen LogP contribution is 2.36. The van der Waals surface area contributed by atoms with Gasteiger partial charge in [-0.1, -0.05) is 11.6 Å². The van der Waals surface area contributed by atoms with E-state index in [-0.39, 0.29) is 12.4 Å². The van der Waals surface area contributed by atoms with Crippen LogP contribution in [0.2, 0.25) is 5.02 Å². The third-order valence-electron chi connectivity index (χ3n) is 3.10. The molecule has 0 unspecified atom stereocenters. The van der Waals surface area contributed by atoms with Crippen LogP contribution in [0.5, 0.6) is 11.5 Å². The normalized spacial score (nSPS) is 10.8. The Balaban J connectivity index is 2.01. The quantitative estimate of drug-likeness (QED) is 0.394. The fraction of sp³-hybridized carbons (Fsp3) is 0.353. The first kappa shape index (κ1) is 20.0. The van der Waals surface area contributed by atoms with Crippen molar-refractivity contribution < 1.29 is 19.0 Å². The molecule has 1 aromatic carbocycles. The number of ether oxygens (including phenoxy) is 3. The highest BCUT2D eigenvalue weighted by molar-refractivity contribution is 7.13. The van der Waals surface area contributed by atoms with Crippen molar-refractivity contribution in [2.24, 2.45) is 5.10 Å². The zero-order valence-electron chi connectivity index (χ0n) is 14.7. The fourth-order valence-corrected chi connectivity index (χ4v) is 2.99. The largest absolute Gasteiger partial charge is 0.493 e. The highest BCUT2D eigenvalue weighted by atomic mass is 35.5. The molecule has 0 spiro atoms. The topological polar surface area (TPSA) is 82.0 Å². The zero-order chi connectivity index (χ0) is 18.9. The van der Waals surface area contributed by atoms with Crippen molar-refractivity contribution in [3.05, 3.63) is 33.8 Å². The van der Waals surface area contributed by atoms with Crippen LogP contribution in [0.15, 0.2) is 22.6 Å². The van der Waals surface area contributed by atoms with Crippen molar-refractivity contribution in [2.75, 3.05) is 25.7 Å². The Morgan fingerprint density at radius 1 is 1.38 bits per heavy atom. The van der Waals surface area contributed by atoms with E-state index < -0.39 is 0 Å². The number of carbonyl (C=O) groups excluding carboxylic acids is 1. The smallest absolute Gasteiger partial charge is 0.311 e. The van der Waals surface area contributed by atoms with Crippen molar-refractivity contribution >= 4 is 40.3 Å². The van der Waals surface area contributed by atoms with Crippen LogP contribution in [-0.4, -0.2) is 37.5 Å². The summed E-state index contributed by atoms with van der Waals surface area (Å²) in [5.41, 5.74) is 4.20. The molecule has 0 aliphatic rings. The number of halogens is 1. The molecule has 1 heterocycles. The first-order valence-electron chi connectivity index (χ1n) is 7.96. The average molecular weight is 398 g/mol. The van der Waals surface area contributed by atoms with Crippen LogP contribution in [-0.2, 0) is 16.0 Å².